The average Bonchev–Trinajstić information content (AvgIpc) is 2.34. The number of rotatable bonds is 3. The molecule has 0 aliphatic rings. The van der Waals surface area contributed by atoms with Crippen molar-refractivity contribution in [2.75, 3.05) is 0 Å². The molecule has 0 spiro atoms. The minimum Gasteiger partial charge on any atom is -0.388 e. The summed E-state index contributed by atoms with van der Waals surface area (Å²) in [5.41, 5.74) is 1.65. The fourth-order valence-corrected chi connectivity index (χ4v) is 3.50. The first kappa shape index (κ1) is 15.3. The zero-order chi connectivity index (χ0) is 14.0. The minimum absolute atomic E-state index is 0.416. The van der Waals surface area contributed by atoms with Crippen LogP contribution in [0, 0.1) is 0 Å². The lowest BCUT2D eigenvalue weighted by molar-refractivity contribution is 0.177. The van der Waals surface area contributed by atoms with Crippen molar-refractivity contribution in [1.29, 1.82) is 0 Å². The summed E-state index contributed by atoms with van der Waals surface area (Å²) in [7, 11) is 0. The van der Waals surface area contributed by atoms with Gasteiger partial charge in [-0.1, -0.05) is 73.3 Å². The highest BCUT2D eigenvalue weighted by molar-refractivity contribution is 9.11. The van der Waals surface area contributed by atoms with Gasteiger partial charge in [-0.25, -0.2) is 0 Å². The molecule has 1 N–H and O–H groups in total. The van der Waals surface area contributed by atoms with Crippen molar-refractivity contribution < 1.29 is 5.11 Å². The Hall–Kier alpha value is -0.0600. The molecule has 1 unspecified atom stereocenters. The van der Waals surface area contributed by atoms with Gasteiger partial charge in [-0.15, -0.1) is 0 Å². The smallest absolute Gasteiger partial charge is 0.0841 e. The first-order valence-corrected chi connectivity index (χ1v) is 7.89. The second-order valence-corrected chi connectivity index (χ2v) is 6.65. The highest BCUT2D eigenvalue weighted by Gasteiger charge is 2.15. The molecule has 1 nitrogen and oxygen atoms in total. The van der Waals surface area contributed by atoms with Crippen LogP contribution in [0.5, 0.6) is 0 Å². The molecular formula is C14H10Br2Cl2O. The fourth-order valence-electron chi connectivity index (χ4n) is 1.80. The monoisotopic (exact) mass is 422 g/mol. The van der Waals surface area contributed by atoms with Crippen molar-refractivity contribution in [2.24, 2.45) is 0 Å². The Bertz CT molecular complexity index is 602. The standard InChI is InChI=1S/C14H10Br2Cl2O/c15-9-4-5-10(11(16)7-9)13(19)6-8-2-1-3-12(17)14(8)18/h1-5,7,13,19H,6H2. The molecule has 0 fully saturated rings. The normalized spacial score (nSPS) is 12.5. The lowest BCUT2D eigenvalue weighted by Gasteiger charge is -2.14. The van der Waals surface area contributed by atoms with Crippen LogP contribution in [0.3, 0.4) is 0 Å². The van der Waals surface area contributed by atoms with Crippen LogP contribution in [0.4, 0.5) is 0 Å². The van der Waals surface area contributed by atoms with Gasteiger partial charge in [0.05, 0.1) is 16.1 Å². The zero-order valence-electron chi connectivity index (χ0n) is 9.71. The predicted octanol–water partition coefficient (Wildman–Crippen LogP) is 5.79. The van der Waals surface area contributed by atoms with Crippen molar-refractivity contribution >= 4 is 55.1 Å². The van der Waals surface area contributed by atoms with E-state index >= 15 is 0 Å². The van der Waals surface area contributed by atoms with Crippen molar-refractivity contribution in [3.63, 3.8) is 0 Å². The summed E-state index contributed by atoms with van der Waals surface area (Å²) in [6, 6.07) is 11.1. The molecule has 100 valence electrons. The van der Waals surface area contributed by atoms with Crippen LogP contribution in [0.2, 0.25) is 10.0 Å². The number of hydrogen-bond acceptors (Lipinski definition) is 1. The first-order valence-electron chi connectivity index (χ1n) is 5.55. The average molecular weight is 425 g/mol. The summed E-state index contributed by atoms with van der Waals surface area (Å²) in [4.78, 5) is 0. The van der Waals surface area contributed by atoms with Crippen LogP contribution >= 0.6 is 55.1 Å². The molecule has 0 aromatic heterocycles. The molecule has 0 aliphatic heterocycles. The van der Waals surface area contributed by atoms with Gasteiger partial charge in [-0.05, 0) is 29.3 Å². The Kier molecular flexibility index (Phi) is 5.32. The maximum atomic E-state index is 10.3. The van der Waals surface area contributed by atoms with Gasteiger partial charge in [0, 0.05) is 15.4 Å². The van der Waals surface area contributed by atoms with E-state index in [2.05, 4.69) is 31.9 Å². The fraction of sp³-hybridized carbons (Fsp3) is 0.143. The molecule has 0 saturated heterocycles. The van der Waals surface area contributed by atoms with E-state index in [1.807, 2.05) is 30.3 Å². The SMILES string of the molecule is OC(Cc1cccc(Cl)c1Cl)c1ccc(Br)cc1Br. The van der Waals surface area contributed by atoms with E-state index < -0.39 is 6.10 Å². The number of hydrogen-bond donors (Lipinski definition) is 1. The third-order valence-corrected chi connectivity index (χ3v) is 4.80. The molecule has 2 rings (SSSR count). The van der Waals surface area contributed by atoms with Gasteiger partial charge < -0.3 is 5.11 Å². The highest BCUT2D eigenvalue weighted by atomic mass is 79.9. The maximum Gasteiger partial charge on any atom is 0.0841 e. The van der Waals surface area contributed by atoms with Crippen molar-refractivity contribution in [2.45, 2.75) is 12.5 Å². The summed E-state index contributed by atoms with van der Waals surface area (Å²) in [5, 5.41) is 11.3. The molecule has 5 heteroatoms. The van der Waals surface area contributed by atoms with E-state index in [1.54, 1.807) is 6.07 Å². The number of aliphatic hydroxyl groups excluding tert-OH is 1. The Morgan fingerprint density at radius 1 is 1.11 bits per heavy atom. The number of halogens is 4. The predicted molar refractivity (Wildman–Crippen MR) is 87.0 cm³/mol. The third kappa shape index (κ3) is 3.73. The summed E-state index contributed by atoms with van der Waals surface area (Å²) in [6.45, 7) is 0. The molecule has 0 amide bonds. The van der Waals surface area contributed by atoms with E-state index in [0.29, 0.717) is 16.5 Å². The van der Waals surface area contributed by atoms with Crippen LogP contribution in [0.25, 0.3) is 0 Å². The largest absolute Gasteiger partial charge is 0.388 e. The van der Waals surface area contributed by atoms with E-state index in [9.17, 15) is 5.11 Å². The summed E-state index contributed by atoms with van der Waals surface area (Å²) < 4.78 is 1.81. The van der Waals surface area contributed by atoms with Crippen molar-refractivity contribution in [1.82, 2.24) is 0 Å². The maximum absolute atomic E-state index is 10.3. The number of aliphatic hydroxyl groups is 1. The molecule has 1 atom stereocenters. The van der Waals surface area contributed by atoms with Crippen LogP contribution in [-0.4, -0.2) is 5.11 Å². The highest BCUT2D eigenvalue weighted by Crippen LogP contribution is 2.32. The van der Waals surface area contributed by atoms with Crippen molar-refractivity contribution in [3.05, 3.63) is 66.5 Å². The van der Waals surface area contributed by atoms with Crippen LogP contribution < -0.4 is 0 Å². The zero-order valence-corrected chi connectivity index (χ0v) is 14.4. The molecule has 0 bridgehead atoms. The number of benzene rings is 2. The Balaban J connectivity index is 2.25. The van der Waals surface area contributed by atoms with E-state index in [4.69, 9.17) is 23.2 Å². The van der Waals surface area contributed by atoms with Crippen LogP contribution in [-0.2, 0) is 6.42 Å². The molecule has 0 aliphatic carbocycles. The lowest BCUT2D eigenvalue weighted by atomic mass is 10.0. The van der Waals surface area contributed by atoms with Gasteiger partial charge in [0.2, 0.25) is 0 Å². The van der Waals surface area contributed by atoms with Crippen LogP contribution in [0.1, 0.15) is 17.2 Å². The van der Waals surface area contributed by atoms with Crippen LogP contribution in [0.15, 0.2) is 45.3 Å². The topological polar surface area (TPSA) is 20.2 Å². The van der Waals surface area contributed by atoms with E-state index in [0.717, 1.165) is 20.1 Å². The molecule has 2 aromatic carbocycles. The van der Waals surface area contributed by atoms with Gasteiger partial charge in [-0.3, -0.25) is 0 Å². The van der Waals surface area contributed by atoms with E-state index in [1.165, 1.54) is 0 Å². The molecule has 19 heavy (non-hydrogen) atoms. The van der Waals surface area contributed by atoms with Gasteiger partial charge in [0.1, 0.15) is 0 Å². The van der Waals surface area contributed by atoms with E-state index in [-0.39, 0.29) is 0 Å². The molecule has 0 saturated carbocycles. The Morgan fingerprint density at radius 2 is 1.84 bits per heavy atom. The first-order chi connectivity index (χ1) is 8.99. The third-order valence-electron chi connectivity index (χ3n) is 2.77. The minimum atomic E-state index is -0.640. The molecule has 2 aromatic rings. The lowest BCUT2D eigenvalue weighted by Crippen LogP contribution is -2.03. The molecule has 0 heterocycles. The quantitative estimate of drug-likeness (QED) is 0.660. The van der Waals surface area contributed by atoms with Crippen molar-refractivity contribution in [3.8, 4) is 0 Å². The second kappa shape index (κ2) is 6.59. The van der Waals surface area contributed by atoms with Gasteiger partial charge in [0.15, 0.2) is 0 Å². The summed E-state index contributed by atoms with van der Waals surface area (Å²) >= 11 is 18.9. The van der Waals surface area contributed by atoms with Gasteiger partial charge in [-0.2, -0.15) is 0 Å². The summed E-state index contributed by atoms with van der Waals surface area (Å²) in [6.07, 6.45) is -0.224. The Labute approximate surface area is 138 Å². The Morgan fingerprint density at radius 3 is 2.53 bits per heavy atom. The second-order valence-electron chi connectivity index (χ2n) is 4.10. The van der Waals surface area contributed by atoms with Gasteiger partial charge in [0.25, 0.3) is 0 Å². The molecular weight excluding hydrogens is 415 g/mol. The van der Waals surface area contributed by atoms with Gasteiger partial charge >= 0.3 is 0 Å². The molecule has 0 radical (unpaired) electrons. The summed E-state index contributed by atoms with van der Waals surface area (Å²) in [5.74, 6) is 0.